The Morgan fingerprint density at radius 1 is 0.851 bits per heavy atom. The first-order valence-corrected chi connectivity index (χ1v) is 16.6. The van der Waals surface area contributed by atoms with Gasteiger partial charge in [-0.2, -0.15) is 13.2 Å². The van der Waals surface area contributed by atoms with Gasteiger partial charge in [0.25, 0.3) is 5.91 Å². The van der Waals surface area contributed by atoms with Crippen LogP contribution in [-0.2, 0) is 11.3 Å². The van der Waals surface area contributed by atoms with Crippen LogP contribution in [0.5, 0.6) is 0 Å². The molecule has 3 fully saturated rings. The lowest BCUT2D eigenvalue weighted by molar-refractivity contribution is -0.177. The van der Waals surface area contributed by atoms with E-state index >= 15 is 4.39 Å². The molecule has 47 heavy (non-hydrogen) atoms. The van der Waals surface area contributed by atoms with Crippen LogP contribution < -0.4 is 10.2 Å². The smallest absolute Gasteiger partial charge is 0.371 e. The summed E-state index contributed by atoms with van der Waals surface area (Å²) in [4.78, 5) is 33.5. The van der Waals surface area contributed by atoms with Crippen molar-refractivity contribution in [2.75, 3.05) is 36.4 Å². The number of carbonyl (C=O) groups is 2. The molecule has 0 bridgehead atoms. The summed E-state index contributed by atoms with van der Waals surface area (Å²) in [5.74, 6) is -1.96. The lowest BCUT2D eigenvalue weighted by Gasteiger charge is -2.41. The molecule has 0 radical (unpaired) electrons. The van der Waals surface area contributed by atoms with Crippen LogP contribution in [0.4, 0.5) is 28.9 Å². The summed E-state index contributed by atoms with van der Waals surface area (Å²) in [6, 6.07) is 15.4. The number of piperidine rings is 1. The minimum atomic E-state index is -4.28. The van der Waals surface area contributed by atoms with E-state index in [0.717, 1.165) is 42.7 Å². The maximum absolute atomic E-state index is 15.1. The summed E-state index contributed by atoms with van der Waals surface area (Å²) in [5.41, 5.74) is 4.80. The number of nitrogens with zero attached hydrogens (tertiary/aromatic N) is 3. The minimum Gasteiger partial charge on any atom is -0.371 e. The van der Waals surface area contributed by atoms with Crippen molar-refractivity contribution >= 4 is 23.2 Å². The third kappa shape index (κ3) is 7.03. The van der Waals surface area contributed by atoms with Crippen LogP contribution in [0, 0.1) is 25.6 Å². The molecular weight excluding hydrogens is 608 g/mol. The zero-order valence-corrected chi connectivity index (χ0v) is 27.0. The second-order valence-electron chi connectivity index (χ2n) is 13.2. The summed E-state index contributed by atoms with van der Waals surface area (Å²) in [6.45, 7) is 6.56. The molecule has 2 unspecified atom stereocenters. The van der Waals surface area contributed by atoms with E-state index in [-0.39, 0.29) is 24.4 Å². The van der Waals surface area contributed by atoms with Gasteiger partial charge in [-0.1, -0.05) is 42.5 Å². The first-order chi connectivity index (χ1) is 22.5. The lowest BCUT2D eigenvalue weighted by atomic mass is 9.83. The van der Waals surface area contributed by atoms with Gasteiger partial charge in [-0.05, 0) is 99.4 Å². The molecule has 0 aromatic heterocycles. The number of alkyl halides is 3. The van der Waals surface area contributed by atoms with Crippen molar-refractivity contribution in [3.8, 4) is 0 Å². The average molecular weight is 651 g/mol. The summed E-state index contributed by atoms with van der Waals surface area (Å²) in [7, 11) is 0. The minimum absolute atomic E-state index is 0.0174. The molecular formula is C37H42F4N4O2. The topological polar surface area (TPSA) is 55.9 Å². The van der Waals surface area contributed by atoms with Crippen molar-refractivity contribution in [3.05, 3.63) is 94.3 Å². The fourth-order valence-electron chi connectivity index (χ4n) is 7.62. The van der Waals surface area contributed by atoms with Crippen molar-refractivity contribution in [2.45, 2.75) is 77.2 Å². The maximum Gasteiger partial charge on any atom is 0.404 e. The fourth-order valence-corrected chi connectivity index (χ4v) is 7.62. The zero-order chi connectivity index (χ0) is 33.3. The van der Waals surface area contributed by atoms with Gasteiger partial charge in [-0.3, -0.25) is 14.5 Å². The Hall–Kier alpha value is -3.92. The first kappa shape index (κ1) is 33.0. The molecule has 1 N–H and O–H groups in total. The monoisotopic (exact) mass is 650 g/mol. The highest BCUT2D eigenvalue weighted by Crippen LogP contribution is 2.40. The molecule has 3 aromatic carbocycles. The predicted molar refractivity (Wildman–Crippen MR) is 175 cm³/mol. The highest BCUT2D eigenvalue weighted by atomic mass is 19.4. The number of anilines is 2. The van der Waals surface area contributed by atoms with Crippen LogP contribution in [0.3, 0.4) is 0 Å². The molecule has 3 aromatic rings. The average Bonchev–Trinajstić information content (AvgIpc) is 3.75. The van der Waals surface area contributed by atoms with Crippen LogP contribution in [0.2, 0.25) is 0 Å². The van der Waals surface area contributed by atoms with E-state index in [2.05, 4.69) is 17.1 Å². The number of hydrogen-bond donors (Lipinski definition) is 1. The molecule has 10 heteroatoms. The van der Waals surface area contributed by atoms with Crippen LogP contribution in [-0.4, -0.2) is 60.0 Å². The van der Waals surface area contributed by atoms with E-state index in [1.807, 2.05) is 18.2 Å². The summed E-state index contributed by atoms with van der Waals surface area (Å²) in [6.07, 6.45) is -0.355. The fraction of sp³-hybridized carbons (Fsp3) is 0.459. The van der Waals surface area contributed by atoms with Gasteiger partial charge < -0.3 is 15.1 Å². The largest absolute Gasteiger partial charge is 0.404 e. The van der Waals surface area contributed by atoms with Crippen LogP contribution in [0.25, 0.3) is 0 Å². The van der Waals surface area contributed by atoms with Crippen molar-refractivity contribution in [1.29, 1.82) is 0 Å². The molecule has 250 valence electrons. The second-order valence-corrected chi connectivity index (χ2v) is 13.2. The number of aryl methyl sites for hydroxylation is 2. The van der Waals surface area contributed by atoms with Gasteiger partial charge in [0, 0.05) is 37.6 Å². The van der Waals surface area contributed by atoms with E-state index in [1.54, 1.807) is 48.2 Å². The highest BCUT2D eigenvalue weighted by Gasteiger charge is 2.46. The predicted octanol–water partition coefficient (Wildman–Crippen LogP) is 7.80. The summed E-state index contributed by atoms with van der Waals surface area (Å²) in [5, 5.41) is 3.11. The third-order valence-corrected chi connectivity index (χ3v) is 10.0. The van der Waals surface area contributed by atoms with E-state index in [9.17, 15) is 22.8 Å². The van der Waals surface area contributed by atoms with Gasteiger partial charge >= 0.3 is 6.18 Å². The number of hydrogen-bond acceptors (Lipinski definition) is 4. The zero-order valence-electron chi connectivity index (χ0n) is 27.0. The van der Waals surface area contributed by atoms with Gasteiger partial charge in [0.2, 0.25) is 5.91 Å². The standard InChI is InChI=1S/C37H42F4N4O2/c1-24-12-17-28(22-31(24)43-18-3-4-19-43)42-35(46)29-9-6-21-45(36(47)33-25(2)8-5-10-30(33)38)34(29)27-15-13-26(14-16-27)23-44-20-7-11-32(44)37(39,40)41/h5,8,10,12-17,22,29,32,34H,3-4,6-7,9,11,18-21,23H2,1-2H3,(H,42,46)/t29-,32?,34?/m0/s1. The van der Waals surface area contributed by atoms with Crippen LogP contribution in [0.1, 0.15) is 77.2 Å². The Morgan fingerprint density at radius 3 is 2.28 bits per heavy atom. The third-order valence-electron chi connectivity index (χ3n) is 10.0. The first-order valence-electron chi connectivity index (χ1n) is 16.6. The van der Waals surface area contributed by atoms with E-state index < -0.39 is 35.9 Å². The number of carbonyl (C=O) groups excluding carboxylic acids is 2. The summed E-state index contributed by atoms with van der Waals surface area (Å²) < 4.78 is 55.8. The van der Waals surface area contributed by atoms with Crippen molar-refractivity contribution in [3.63, 3.8) is 0 Å². The molecule has 3 atom stereocenters. The molecule has 3 saturated heterocycles. The molecule has 2 amide bonds. The molecule has 0 aliphatic carbocycles. The van der Waals surface area contributed by atoms with Crippen LogP contribution >= 0.6 is 0 Å². The number of rotatable bonds is 7. The molecule has 6 rings (SSSR count). The van der Waals surface area contributed by atoms with Crippen LogP contribution in [0.15, 0.2) is 60.7 Å². The number of halogens is 4. The van der Waals surface area contributed by atoms with Gasteiger partial charge in [0.15, 0.2) is 0 Å². The molecule has 6 nitrogen and oxygen atoms in total. The molecule has 3 aliphatic rings. The summed E-state index contributed by atoms with van der Waals surface area (Å²) >= 11 is 0. The van der Waals surface area contributed by atoms with Gasteiger partial charge in [-0.15, -0.1) is 0 Å². The molecule has 0 spiro atoms. The number of likely N-dealkylation sites (tertiary alicyclic amines) is 2. The molecule has 3 heterocycles. The Labute approximate surface area is 273 Å². The Balaban J connectivity index is 1.30. The van der Waals surface area contributed by atoms with Crippen molar-refractivity contribution in [2.24, 2.45) is 5.92 Å². The molecule has 3 aliphatic heterocycles. The van der Waals surface area contributed by atoms with Gasteiger partial charge in [-0.25, -0.2) is 4.39 Å². The van der Waals surface area contributed by atoms with E-state index in [0.29, 0.717) is 49.2 Å². The van der Waals surface area contributed by atoms with Crippen molar-refractivity contribution < 1.29 is 27.2 Å². The number of amides is 2. The van der Waals surface area contributed by atoms with Gasteiger partial charge in [0.1, 0.15) is 11.9 Å². The Kier molecular flexibility index (Phi) is 9.60. The maximum atomic E-state index is 15.1. The normalized spacial score (nSPS) is 22.1. The number of benzene rings is 3. The Bertz CT molecular complexity index is 1580. The number of nitrogens with one attached hydrogen (secondary N) is 1. The highest BCUT2D eigenvalue weighted by molar-refractivity contribution is 5.98. The lowest BCUT2D eigenvalue weighted by Crippen LogP contribution is -2.46. The second kappa shape index (κ2) is 13.7. The Morgan fingerprint density at radius 2 is 1.57 bits per heavy atom. The van der Waals surface area contributed by atoms with Gasteiger partial charge in [0.05, 0.1) is 17.5 Å². The van der Waals surface area contributed by atoms with E-state index in [4.69, 9.17) is 0 Å². The quantitative estimate of drug-likeness (QED) is 0.265. The SMILES string of the molecule is Cc1ccc(NC(=O)[C@H]2CCCN(C(=O)c3c(C)cccc3F)C2c2ccc(CN3CCCC3C(F)(F)F)cc2)cc1N1CCCC1. The van der Waals surface area contributed by atoms with E-state index in [1.165, 1.54) is 11.0 Å². The molecule has 0 saturated carbocycles. The van der Waals surface area contributed by atoms with Crippen molar-refractivity contribution in [1.82, 2.24) is 9.80 Å².